The first-order valence-corrected chi connectivity index (χ1v) is 10.1. The van der Waals surface area contributed by atoms with Gasteiger partial charge in [-0.05, 0) is 57.7 Å². The minimum atomic E-state index is -0.673. The second-order valence-corrected chi connectivity index (χ2v) is 8.90. The molecule has 0 aliphatic carbocycles. The Morgan fingerprint density at radius 2 is 1.77 bits per heavy atom. The van der Waals surface area contributed by atoms with Crippen LogP contribution in [0.25, 0.3) is 0 Å². The second kappa shape index (κ2) is 9.25. The highest BCUT2D eigenvalue weighted by Gasteiger charge is 2.40. The summed E-state index contributed by atoms with van der Waals surface area (Å²) < 4.78 is 10.4. The minimum Gasteiger partial charge on any atom is -0.465 e. The molecule has 0 saturated carbocycles. The number of carbonyl (C=O) groups excluding carboxylic acids is 2. The van der Waals surface area contributed by atoms with Crippen LogP contribution in [0.3, 0.4) is 0 Å². The van der Waals surface area contributed by atoms with Gasteiger partial charge in [0.2, 0.25) is 0 Å². The van der Waals surface area contributed by atoms with E-state index in [2.05, 4.69) is 24.9 Å². The lowest BCUT2D eigenvalue weighted by Gasteiger charge is -2.32. The topological polar surface area (TPSA) is 88.8 Å². The van der Waals surface area contributed by atoms with E-state index in [1.807, 2.05) is 0 Å². The van der Waals surface area contributed by atoms with Crippen LogP contribution in [0, 0.1) is 23.2 Å². The highest BCUT2D eigenvalue weighted by Crippen LogP contribution is 2.41. The van der Waals surface area contributed by atoms with Gasteiger partial charge in [-0.2, -0.15) is 5.26 Å². The van der Waals surface area contributed by atoms with Gasteiger partial charge < -0.3 is 9.47 Å². The van der Waals surface area contributed by atoms with Crippen molar-refractivity contribution in [3.05, 3.63) is 46.7 Å². The first kappa shape index (κ1) is 23.3. The number of nitrogens with zero attached hydrogens (tertiary/aromatic N) is 2. The number of rotatable bonds is 5. The zero-order chi connectivity index (χ0) is 22.6. The summed E-state index contributed by atoms with van der Waals surface area (Å²) in [6, 6.07) is 9.17. The number of ether oxygens (including phenoxy) is 2. The number of hydrogen-bond acceptors (Lipinski definition) is 6. The Bertz CT molecular complexity index is 912. The van der Waals surface area contributed by atoms with Gasteiger partial charge in [-0.15, -0.1) is 0 Å². The molecule has 0 bridgehead atoms. The van der Waals surface area contributed by atoms with Gasteiger partial charge in [-0.1, -0.05) is 26.0 Å². The Morgan fingerprint density at radius 1 is 1.17 bits per heavy atom. The van der Waals surface area contributed by atoms with Crippen LogP contribution in [0.1, 0.15) is 69.8 Å². The fourth-order valence-electron chi connectivity index (χ4n) is 3.58. The maximum absolute atomic E-state index is 13.1. The highest BCUT2D eigenvalue weighted by molar-refractivity contribution is 5.99. The number of hydrogen-bond donors (Lipinski definition) is 0. The monoisotopic (exact) mass is 410 g/mol. The van der Waals surface area contributed by atoms with Crippen molar-refractivity contribution in [2.24, 2.45) is 16.8 Å². The van der Waals surface area contributed by atoms with E-state index in [-0.39, 0.29) is 0 Å². The lowest BCUT2D eigenvalue weighted by molar-refractivity contribution is -0.150. The molecule has 2 rings (SSSR count). The van der Waals surface area contributed by atoms with Crippen LogP contribution in [-0.2, 0) is 14.3 Å². The maximum Gasteiger partial charge on any atom is 0.337 e. The summed E-state index contributed by atoms with van der Waals surface area (Å²) in [6.07, 6.45) is 0.661. The van der Waals surface area contributed by atoms with Gasteiger partial charge in [0.1, 0.15) is 5.60 Å². The van der Waals surface area contributed by atoms with Crippen molar-refractivity contribution in [3.63, 3.8) is 0 Å². The number of nitriles is 1. The first-order chi connectivity index (χ1) is 14.0. The average Bonchev–Trinajstić information content (AvgIpc) is 2.65. The van der Waals surface area contributed by atoms with E-state index >= 15 is 0 Å². The van der Waals surface area contributed by atoms with E-state index in [1.54, 1.807) is 52.0 Å². The lowest BCUT2D eigenvalue weighted by Crippen LogP contribution is -2.34. The predicted octanol–water partition coefficient (Wildman–Crippen LogP) is 4.81. The van der Waals surface area contributed by atoms with Gasteiger partial charge >= 0.3 is 11.9 Å². The fourth-order valence-corrected chi connectivity index (χ4v) is 3.58. The van der Waals surface area contributed by atoms with Crippen LogP contribution in [-0.4, -0.2) is 30.4 Å². The van der Waals surface area contributed by atoms with Crippen molar-refractivity contribution in [2.45, 2.75) is 59.5 Å². The van der Waals surface area contributed by atoms with E-state index in [0.717, 1.165) is 11.3 Å². The molecular weight excluding hydrogens is 380 g/mol. The third-order valence-corrected chi connectivity index (χ3v) is 4.77. The number of carbonyl (C=O) groups is 2. The molecule has 0 spiro atoms. The molecule has 0 saturated heterocycles. The summed E-state index contributed by atoms with van der Waals surface area (Å²) in [5.41, 5.74) is 2.20. The van der Waals surface area contributed by atoms with Crippen LogP contribution in [0.2, 0.25) is 0 Å². The van der Waals surface area contributed by atoms with Crippen LogP contribution >= 0.6 is 0 Å². The van der Waals surface area contributed by atoms with E-state index in [9.17, 15) is 14.9 Å². The molecule has 1 heterocycles. The van der Waals surface area contributed by atoms with Gasteiger partial charge in [0.05, 0.1) is 30.2 Å². The van der Waals surface area contributed by atoms with Gasteiger partial charge in [-0.3, -0.25) is 4.99 Å². The van der Waals surface area contributed by atoms with Crippen LogP contribution in [0.15, 0.2) is 40.5 Å². The smallest absolute Gasteiger partial charge is 0.337 e. The van der Waals surface area contributed by atoms with Crippen molar-refractivity contribution in [1.82, 2.24) is 0 Å². The lowest BCUT2D eigenvalue weighted by atomic mass is 9.74. The maximum atomic E-state index is 13.1. The molecule has 1 aromatic carbocycles. The van der Waals surface area contributed by atoms with E-state index in [4.69, 9.17) is 9.47 Å². The largest absolute Gasteiger partial charge is 0.465 e. The Labute approximate surface area is 178 Å². The van der Waals surface area contributed by atoms with Gasteiger partial charge in [0.15, 0.2) is 0 Å². The predicted molar refractivity (Wildman–Crippen MR) is 115 cm³/mol. The quantitative estimate of drug-likeness (QED) is 0.650. The normalized spacial score (nSPS) is 19.2. The molecule has 2 unspecified atom stereocenters. The highest BCUT2D eigenvalue weighted by atomic mass is 16.6. The van der Waals surface area contributed by atoms with Crippen molar-refractivity contribution in [1.29, 1.82) is 5.26 Å². The Morgan fingerprint density at radius 3 is 2.23 bits per heavy atom. The van der Waals surface area contributed by atoms with Gasteiger partial charge in [0, 0.05) is 17.3 Å². The zero-order valence-corrected chi connectivity index (χ0v) is 18.8. The molecule has 0 radical (unpaired) electrons. The molecule has 6 nitrogen and oxygen atoms in total. The number of esters is 2. The summed E-state index contributed by atoms with van der Waals surface area (Å²) >= 11 is 0. The molecule has 0 fully saturated rings. The van der Waals surface area contributed by atoms with E-state index < -0.39 is 29.4 Å². The van der Waals surface area contributed by atoms with Crippen LogP contribution in [0.5, 0.6) is 0 Å². The zero-order valence-electron chi connectivity index (χ0n) is 18.8. The summed E-state index contributed by atoms with van der Waals surface area (Å²) in [5, 5.41) is 10.0. The fraction of sp³-hybridized carbons (Fsp3) is 0.500. The number of allylic oxidation sites excluding steroid dienone is 1. The third-order valence-electron chi connectivity index (χ3n) is 4.77. The molecule has 2 atom stereocenters. The van der Waals surface area contributed by atoms with Crippen molar-refractivity contribution in [2.75, 3.05) is 7.11 Å². The second-order valence-electron chi connectivity index (χ2n) is 8.90. The minimum absolute atomic E-state index is 0.317. The average molecular weight is 411 g/mol. The molecule has 1 aliphatic heterocycles. The summed E-state index contributed by atoms with van der Waals surface area (Å²) in [6.45, 7) is 11.3. The SMILES string of the molecule is COC(=O)c1ccc(C2C(C(=O)OC(C)(C)C)=C(C)N=C(CC(C)C)C2C#N)cc1. The van der Waals surface area contributed by atoms with Gasteiger partial charge in [0.25, 0.3) is 0 Å². The molecule has 0 N–H and O–H groups in total. The molecule has 0 aromatic heterocycles. The van der Waals surface area contributed by atoms with E-state index in [1.165, 1.54) is 7.11 Å². The van der Waals surface area contributed by atoms with Crippen molar-refractivity contribution >= 4 is 17.7 Å². The molecule has 1 aromatic rings. The van der Waals surface area contributed by atoms with Crippen molar-refractivity contribution in [3.8, 4) is 6.07 Å². The Hall–Kier alpha value is -2.94. The molecule has 1 aliphatic rings. The summed E-state index contributed by atoms with van der Waals surface area (Å²) in [4.78, 5) is 29.5. The molecule has 6 heteroatoms. The van der Waals surface area contributed by atoms with E-state index in [0.29, 0.717) is 29.2 Å². The van der Waals surface area contributed by atoms with Crippen molar-refractivity contribution < 1.29 is 19.1 Å². The first-order valence-electron chi connectivity index (χ1n) is 10.1. The number of benzene rings is 1. The van der Waals surface area contributed by atoms with Gasteiger partial charge in [-0.25, -0.2) is 9.59 Å². The summed E-state index contributed by atoms with van der Waals surface area (Å²) in [7, 11) is 1.32. The number of methoxy groups -OCH3 is 1. The molecule has 160 valence electrons. The third kappa shape index (κ3) is 5.35. The standard InChI is InChI=1S/C24H30N2O4/c1-14(2)12-19-18(13-25)21(16-8-10-17(11-9-16)22(27)29-7)20(15(3)26-19)23(28)30-24(4,5)6/h8-11,14,18,21H,12H2,1-7H3. The summed E-state index contributed by atoms with van der Waals surface area (Å²) in [5.74, 6) is -1.72. The Kier molecular flexibility index (Phi) is 7.20. The molecule has 0 amide bonds. The number of aliphatic imine (C=N–C) groups is 1. The molecule has 30 heavy (non-hydrogen) atoms. The Balaban J connectivity index is 2.61. The molecular formula is C24H30N2O4. The van der Waals surface area contributed by atoms with Crippen LogP contribution in [0.4, 0.5) is 0 Å². The van der Waals surface area contributed by atoms with Crippen LogP contribution < -0.4 is 0 Å².